The Hall–Kier alpha value is -1.59. The third kappa shape index (κ3) is 4.01. The van der Waals surface area contributed by atoms with Crippen LogP contribution in [-0.4, -0.2) is 47.0 Å². The van der Waals surface area contributed by atoms with Crippen LogP contribution in [0.4, 0.5) is 4.79 Å². The van der Waals surface area contributed by atoms with Crippen molar-refractivity contribution in [2.45, 2.75) is 39.7 Å². The van der Waals surface area contributed by atoms with E-state index in [1.54, 1.807) is 0 Å². The summed E-state index contributed by atoms with van der Waals surface area (Å²) in [6, 6.07) is -1.08. The van der Waals surface area contributed by atoms with Crippen LogP contribution in [-0.2, 0) is 14.3 Å². The number of hydrogen-bond donors (Lipinski definition) is 1. The first-order valence-corrected chi connectivity index (χ1v) is 5.88. The van der Waals surface area contributed by atoms with Gasteiger partial charge >= 0.3 is 12.1 Å². The molecule has 1 heterocycles. The van der Waals surface area contributed by atoms with E-state index in [-0.39, 0.29) is 30.8 Å². The molecule has 0 aliphatic carbocycles. The van der Waals surface area contributed by atoms with Gasteiger partial charge in [0.05, 0.1) is 13.2 Å². The van der Waals surface area contributed by atoms with Crippen LogP contribution in [0.2, 0.25) is 0 Å². The molecule has 0 bridgehead atoms. The van der Waals surface area contributed by atoms with Gasteiger partial charge in [-0.3, -0.25) is 9.69 Å². The molecule has 1 fully saturated rings. The Labute approximate surface area is 106 Å². The molecule has 1 N–H and O–H groups in total. The van der Waals surface area contributed by atoms with Crippen LogP contribution in [0.15, 0.2) is 0 Å². The molecular formula is C12H19NO5. The number of nitrogens with zero attached hydrogens (tertiary/aromatic N) is 1. The minimum atomic E-state index is -1.17. The normalized spacial score (nSPS) is 20.1. The first kappa shape index (κ1) is 14.5. The molecule has 0 radical (unpaired) electrons. The standard InChI is InChI=1S/C12H19NO5/c1-12(2,3)4-5-18-11(17)13-7-8(14)6-9(13)10(15)16/h9H,4-7H2,1-3H3,(H,15,16). The highest BCUT2D eigenvalue weighted by Gasteiger charge is 2.39. The largest absolute Gasteiger partial charge is 0.480 e. The Kier molecular flexibility index (Phi) is 4.32. The quantitative estimate of drug-likeness (QED) is 0.823. The number of carboxylic acids is 1. The number of ether oxygens (including phenoxy) is 1. The highest BCUT2D eigenvalue weighted by Crippen LogP contribution is 2.20. The molecule has 18 heavy (non-hydrogen) atoms. The molecule has 0 aromatic rings. The smallest absolute Gasteiger partial charge is 0.410 e. The summed E-state index contributed by atoms with van der Waals surface area (Å²) in [5, 5.41) is 8.90. The number of hydrogen-bond acceptors (Lipinski definition) is 4. The fraction of sp³-hybridized carbons (Fsp3) is 0.750. The first-order chi connectivity index (χ1) is 8.20. The van der Waals surface area contributed by atoms with Crippen LogP contribution >= 0.6 is 0 Å². The Bertz CT molecular complexity index is 358. The summed E-state index contributed by atoms with van der Waals surface area (Å²) in [5.41, 5.74) is 0.0350. The SMILES string of the molecule is CC(C)(C)CCOC(=O)N1CC(=O)CC1C(=O)O. The average molecular weight is 257 g/mol. The molecule has 0 spiro atoms. The summed E-state index contributed by atoms with van der Waals surface area (Å²) < 4.78 is 5.00. The molecule has 1 aliphatic heterocycles. The van der Waals surface area contributed by atoms with Crippen LogP contribution in [0.25, 0.3) is 0 Å². The van der Waals surface area contributed by atoms with Crippen molar-refractivity contribution in [2.24, 2.45) is 5.41 Å². The van der Waals surface area contributed by atoms with E-state index in [0.717, 1.165) is 4.90 Å². The molecule has 102 valence electrons. The number of Topliss-reactive ketones (excluding diaryl/α,β-unsaturated/α-hetero) is 1. The van der Waals surface area contributed by atoms with E-state index in [4.69, 9.17) is 9.84 Å². The minimum Gasteiger partial charge on any atom is -0.480 e. The van der Waals surface area contributed by atoms with Crippen molar-refractivity contribution >= 4 is 17.8 Å². The Morgan fingerprint density at radius 1 is 1.44 bits per heavy atom. The van der Waals surface area contributed by atoms with E-state index in [9.17, 15) is 14.4 Å². The topological polar surface area (TPSA) is 83.9 Å². The maximum Gasteiger partial charge on any atom is 0.410 e. The molecule has 1 aliphatic rings. The second kappa shape index (κ2) is 5.37. The molecule has 6 heteroatoms. The van der Waals surface area contributed by atoms with E-state index in [1.165, 1.54) is 0 Å². The van der Waals surface area contributed by atoms with Crippen molar-refractivity contribution in [3.63, 3.8) is 0 Å². The van der Waals surface area contributed by atoms with Crippen molar-refractivity contribution in [3.05, 3.63) is 0 Å². The minimum absolute atomic E-state index is 0.0350. The second-order valence-corrected chi connectivity index (χ2v) is 5.65. The van der Waals surface area contributed by atoms with Gasteiger partial charge in [0.2, 0.25) is 0 Å². The zero-order chi connectivity index (χ0) is 13.9. The number of carbonyl (C=O) groups is 3. The van der Waals surface area contributed by atoms with Crippen molar-refractivity contribution in [2.75, 3.05) is 13.2 Å². The zero-order valence-electron chi connectivity index (χ0n) is 10.9. The van der Waals surface area contributed by atoms with Gasteiger partial charge < -0.3 is 9.84 Å². The van der Waals surface area contributed by atoms with Crippen LogP contribution in [0.1, 0.15) is 33.6 Å². The van der Waals surface area contributed by atoms with Gasteiger partial charge in [-0.15, -0.1) is 0 Å². The van der Waals surface area contributed by atoms with E-state index < -0.39 is 18.1 Å². The van der Waals surface area contributed by atoms with Crippen molar-refractivity contribution in [3.8, 4) is 0 Å². The molecule has 0 aromatic heterocycles. The fourth-order valence-corrected chi connectivity index (χ4v) is 1.63. The Morgan fingerprint density at radius 3 is 2.56 bits per heavy atom. The molecule has 0 aromatic carbocycles. The Balaban J connectivity index is 2.50. The number of carbonyl (C=O) groups excluding carboxylic acids is 2. The molecule has 1 atom stereocenters. The van der Waals surface area contributed by atoms with E-state index in [2.05, 4.69) is 0 Å². The summed E-state index contributed by atoms with van der Waals surface area (Å²) in [6.07, 6.45) is -0.181. The summed E-state index contributed by atoms with van der Waals surface area (Å²) in [7, 11) is 0. The van der Waals surface area contributed by atoms with Gasteiger partial charge in [-0.05, 0) is 11.8 Å². The lowest BCUT2D eigenvalue weighted by Gasteiger charge is -2.22. The van der Waals surface area contributed by atoms with Crippen LogP contribution < -0.4 is 0 Å². The lowest BCUT2D eigenvalue weighted by molar-refractivity contribution is -0.142. The monoisotopic (exact) mass is 257 g/mol. The predicted octanol–water partition coefficient (Wildman–Crippen LogP) is 1.29. The summed E-state index contributed by atoms with van der Waals surface area (Å²) in [5.74, 6) is -1.43. The highest BCUT2D eigenvalue weighted by atomic mass is 16.6. The zero-order valence-corrected chi connectivity index (χ0v) is 10.9. The van der Waals surface area contributed by atoms with Gasteiger partial charge in [0.25, 0.3) is 0 Å². The summed E-state index contributed by atoms with van der Waals surface area (Å²) in [6.45, 7) is 6.09. The van der Waals surface area contributed by atoms with Crippen LogP contribution in [0, 0.1) is 5.41 Å². The molecular weight excluding hydrogens is 238 g/mol. The Morgan fingerprint density at radius 2 is 2.06 bits per heavy atom. The number of aliphatic carboxylic acids is 1. The lowest BCUT2D eigenvalue weighted by Crippen LogP contribution is -2.41. The van der Waals surface area contributed by atoms with Crippen molar-refractivity contribution in [1.29, 1.82) is 0 Å². The molecule has 1 unspecified atom stereocenters. The highest BCUT2D eigenvalue weighted by molar-refractivity contribution is 5.95. The third-order valence-electron chi connectivity index (χ3n) is 2.74. The van der Waals surface area contributed by atoms with Gasteiger partial charge in [0.15, 0.2) is 5.78 Å². The van der Waals surface area contributed by atoms with Gasteiger partial charge in [-0.25, -0.2) is 9.59 Å². The lowest BCUT2D eigenvalue weighted by atomic mass is 9.93. The number of ketones is 1. The first-order valence-electron chi connectivity index (χ1n) is 5.88. The van der Waals surface area contributed by atoms with Gasteiger partial charge in [-0.1, -0.05) is 20.8 Å². The van der Waals surface area contributed by atoms with Gasteiger partial charge in [-0.2, -0.15) is 0 Å². The average Bonchev–Trinajstić information content (AvgIpc) is 2.58. The molecule has 1 rings (SSSR count). The molecule has 0 saturated carbocycles. The summed E-state index contributed by atoms with van der Waals surface area (Å²) in [4.78, 5) is 34.7. The van der Waals surface area contributed by atoms with E-state index >= 15 is 0 Å². The van der Waals surface area contributed by atoms with Gasteiger partial charge in [0, 0.05) is 6.42 Å². The van der Waals surface area contributed by atoms with E-state index in [1.807, 2.05) is 20.8 Å². The number of amides is 1. The second-order valence-electron chi connectivity index (χ2n) is 5.65. The number of carboxylic acid groups (broad SMARTS) is 1. The maximum atomic E-state index is 11.7. The van der Waals surface area contributed by atoms with Crippen molar-refractivity contribution < 1.29 is 24.2 Å². The predicted molar refractivity (Wildman–Crippen MR) is 63.2 cm³/mol. The summed E-state index contributed by atoms with van der Waals surface area (Å²) >= 11 is 0. The fourth-order valence-electron chi connectivity index (χ4n) is 1.63. The number of rotatable bonds is 3. The van der Waals surface area contributed by atoms with Gasteiger partial charge in [0.1, 0.15) is 6.04 Å². The number of likely N-dealkylation sites (tertiary alicyclic amines) is 1. The molecule has 6 nitrogen and oxygen atoms in total. The van der Waals surface area contributed by atoms with Crippen LogP contribution in [0.3, 0.4) is 0 Å². The molecule has 1 saturated heterocycles. The third-order valence-corrected chi connectivity index (χ3v) is 2.74. The van der Waals surface area contributed by atoms with E-state index in [0.29, 0.717) is 6.42 Å². The molecule has 1 amide bonds. The maximum absolute atomic E-state index is 11.7. The van der Waals surface area contributed by atoms with Crippen molar-refractivity contribution in [1.82, 2.24) is 4.90 Å². The van der Waals surface area contributed by atoms with Crippen LogP contribution in [0.5, 0.6) is 0 Å².